The minimum absolute atomic E-state index is 0.116. The van der Waals surface area contributed by atoms with E-state index in [9.17, 15) is 4.79 Å². The molecule has 17 heavy (non-hydrogen) atoms. The number of hydrogen-bond donors (Lipinski definition) is 1. The van der Waals surface area contributed by atoms with Crippen molar-refractivity contribution in [3.05, 3.63) is 33.8 Å². The van der Waals surface area contributed by atoms with Crippen molar-refractivity contribution >= 4 is 29.1 Å². The Hall–Kier alpha value is -0.770. The predicted molar refractivity (Wildman–Crippen MR) is 69.8 cm³/mol. The first kappa shape index (κ1) is 12.7. The Morgan fingerprint density at radius 2 is 2.06 bits per heavy atom. The molecule has 0 bridgehead atoms. The highest BCUT2D eigenvalue weighted by Crippen LogP contribution is 2.26. The number of amides is 1. The zero-order chi connectivity index (χ0) is 12.4. The summed E-state index contributed by atoms with van der Waals surface area (Å²) in [5.41, 5.74) is 0.394. The molecular weight excluding hydrogens is 259 g/mol. The van der Waals surface area contributed by atoms with Crippen molar-refractivity contribution in [3.8, 4) is 0 Å². The standard InChI is InChI=1S/C12H14Cl2N2O/c1-16(8-5-6-15-7-8)12(17)11-9(13)3-2-4-10(11)14/h2-4,8,15H,5-7H2,1H3. The summed E-state index contributed by atoms with van der Waals surface area (Å²) in [5.74, 6) is -0.116. The molecule has 1 aromatic carbocycles. The topological polar surface area (TPSA) is 32.3 Å². The fraction of sp³-hybridized carbons (Fsp3) is 0.417. The average molecular weight is 273 g/mol. The van der Waals surface area contributed by atoms with Gasteiger partial charge < -0.3 is 10.2 Å². The molecule has 0 spiro atoms. The second-order valence-corrected chi connectivity index (χ2v) is 4.97. The van der Waals surface area contributed by atoms with Crippen molar-refractivity contribution in [2.75, 3.05) is 20.1 Å². The summed E-state index contributed by atoms with van der Waals surface area (Å²) in [6.07, 6.45) is 0.963. The first-order valence-electron chi connectivity index (χ1n) is 5.53. The molecule has 1 aliphatic rings. The first-order chi connectivity index (χ1) is 8.11. The number of nitrogens with zero attached hydrogens (tertiary/aromatic N) is 1. The monoisotopic (exact) mass is 272 g/mol. The molecule has 1 aliphatic heterocycles. The van der Waals surface area contributed by atoms with Crippen molar-refractivity contribution in [1.29, 1.82) is 0 Å². The fourth-order valence-corrected chi connectivity index (χ4v) is 2.57. The maximum atomic E-state index is 12.3. The number of likely N-dealkylation sites (N-methyl/N-ethyl adjacent to an activating group) is 1. The van der Waals surface area contributed by atoms with Gasteiger partial charge >= 0.3 is 0 Å². The second-order valence-electron chi connectivity index (χ2n) is 4.16. The highest BCUT2D eigenvalue weighted by atomic mass is 35.5. The van der Waals surface area contributed by atoms with Gasteiger partial charge in [-0.25, -0.2) is 0 Å². The van der Waals surface area contributed by atoms with Crippen molar-refractivity contribution in [2.24, 2.45) is 0 Å². The van der Waals surface area contributed by atoms with Gasteiger partial charge in [0.15, 0.2) is 0 Å². The molecular formula is C12H14Cl2N2O. The van der Waals surface area contributed by atoms with Crippen LogP contribution in [0.2, 0.25) is 10.0 Å². The number of carbonyl (C=O) groups is 1. The zero-order valence-electron chi connectivity index (χ0n) is 9.54. The van der Waals surface area contributed by atoms with Crippen LogP contribution < -0.4 is 5.32 Å². The van der Waals surface area contributed by atoms with Crippen LogP contribution in [0.15, 0.2) is 18.2 Å². The van der Waals surface area contributed by atoms with Gasteiger partial charge in [0, 0.05) is 19.6 Å². The maximum absolute atomic E-state index is 12.3. The van der Waals surface area contributed by atoms with Crippen LogP contribution >= 0.6 is 23.2 Å². The Morgan fingerprint density at radius 1 is 1.41 bits per heavy atom. The van der Waals surface area contributed by atoms with Crippen molar-refractivity contribution in [1.82, 2.24) is 10.2 Å². The van der Waals surface area contributed by atoms with Gasteiger partial charge in [-0.15, -0.1) is 0 Å². The zero-order valence-corrected chi connectivity index (χ0v) is 11.1. The number of hydrogen-bond acceptors (Lipinski definition) is 2. The van der Waals surface area contributed by atoms with E-state index in [4.69, 9.17) is 23.2 Å². The SMILES string of the molecule is CN(C(=O)c1c(Cl)cccc1Cl)C1CCNC1. The van der Waals surface area contributed by atoms with E-state index in [1.165, 1.54) is 0 Å². The van der Waals surface area contributed by atoms with Gasteiger partial charge in [0.05, 0.1) is 15.6 Å². The van der Waals surface area contributed by atoms with Gasteiger partial charge in [0.2, 0.25) is 0 Å². The molecule has 1 atom stereocenters. The highest BCUT2D eigenvalue weighted by Gasteiger charge is 2.26. The van der Waals surface area contributed by atoms with Crippen LogP contribution in [-0.2, 0) is 0 Å². The number of nitrogens with one attached hydrogen (secondary N) is 1. The molecule has 1 fully saturated rings. The lowest BCUT2D eigenvalue weighted by Crippen LogP contribution is -2.38. The van der Waals surface area contributed by atoms with E-state index in [0.29, 0.717) is 15.6 Å². The lowest BCUT2D eigenvalue weighted by Gasteiger charge is -2.24. The average Bonchev–Trinajstić information content (AvgIpc) is 2.81. The summed E-state index contributed by atoms with van der Waals surface area (Å²) < 4.78 is 0. The molecule has 92 valence electrons. The van der Waals surface area contributed by atoms with Crippen molar-refractivity contribution < 1.29 is 4.79 Å². The second kappa shape index (κ2) is 5.25. The molecule has 1 amide bonds. The van der Waals surface area contributed by atoms with E-state index in [1.54, 1.807) is 30.1 Å². The van der Waals surface area contributed by atoms with Crippen molar-refractivity contribution in [3.63, 3.8) is 0 Å². The van der Waals surface area contributed by atoms with E-state index < -0.39 is 0 Å². The molecule has 0 aliphatic carbocycles. The third-order valence-electron chi connectivity index (χ3n) is 3.08. The molecule has 5 heteroatoms. The van der Waals surface area contributed by atoms with Crippen LogP contribution in [0, 0.1) is 0 Å². The van der Waals surface area contributed by atoms with Crippen LogP contribution in [0.4, 0.5) is 0 Å². The van der Waals surface area contributed by atoms with E-state index in [1.807, 2.05) is 0 Å². The first-order valence-corrected chi connectivity index (χ1v) is 6.28. The molecule has 1 saturated heterocycles. The van der Waals surface area contributed by atoms with E-state index in [2.05, 4.69) is 5.32 Å². The van der Waals surface area contributed by atoms with Crippen LogP contribution in [0.5, 0.6) is 0 Å². The van der Waals surface area contributed by atoms with Crippen LogP contribution in [0.25, 0.3) is 0 Å². The third kappa shape index (κ3) is 2.57. The smallest absolute Gasteiger partial charge is 0.256 e. The molecule has 1 unspecified atom stereocenters. The summed E-state index contributed by atoms with van der Waals surface area (Å²) in [6, 6.07) is 5.32. The molecule has 0 radical (unpaired) electrons. The predicted octanol–water partition coefficient (Wildman–Crippen LogP) is 2.43. The molecule has 0 aromatic heterocycles. The summed E-state index contributed by atoms with van der Waals surface area (Å²) in [7, 11) is 1.79. The third-order valence-corrected chi connectivity index (χ3v) is 3.71. The summed E-state index contributed by atoms with van der Waals surface area (Å²) >= 11 is 12.1. The summed E-state index contributed by atoms with van der Waals surface area (Å²) in [5, 5.41) is 4.04. The summed E-state index contributed by atoms with van der Waals surface area (Å²) in [4.78, 5) is 14.0. The molecule has 1 N–H and O–H groups in total. The normalized spacial score (nSPS) is 19.4. The van der Waals surface area contributed by atoms with Gasteiger partial charge in [-0.3, -0.25) is 4.79 Å². The quantitative estimate of drug-likeness (QED) is 0.897. The lowest BCUT2D eigenvalue weighted by atomic mass is 10.1. The van der Waals surface area contributed by atoms with Crippen LogP contribution in [0.1, 0.15) is 16.8 Å². The van der Waals surface area contributed by atoms with Gasteiger partial charge in [0.25, 0.3) is 5.91 Å². The van der Waals surface area contributed by atoms with Gasteiger partial charge in [-0.1, -0.05) is 29.3 Å². The highest BCUT2D eigenvalue weighted by molar-refractivity contribution is 6.39. The fourth-order valence-electron chi connectivity index (χ4n) is 2.01. The van der Waals surface area contributed by atoms with Gasteiger partial charge in [-0.2, -0.15) is 0 Å². The number of halogens is 2. The minimum atomic E-state index is -0.116. The van der Waals surface area contributed by atoms with E-state index >= 15 is 0 Å². The Morgan fingerprint density at radius 3 is 2.59 bits per heavy atom. The van der Waals surface area contributed by atoms with E-state index in [0.717, 1.165) is 19.5 Å². The van der Waals surface area contributed by atoms with Gasteiger partial charge in [0.1, 0.15) is 0 Å². The lowest BCUT2D eigenvalue weighted by molar-refractivity contribution is 0.0744. The van der Waals surface area contributed by atoms with Crippen LogP contribution in [0.3, 0.4) is 0 Å². The molecule has 0 saturated carbocycles. The Bertz CT molecular complexity index is 410. The van der Waals surface area contributed by atoms with Crippen molar-refractivity contribution in [2.45, 2.75) is 12.5 Å². The molecule has 1 aromatic rings. The Kier molecular flexibility index (Phi) is 3.92. The molecule has 1 heterocycles. The Balaban J connectivity index is 2.24. The Labute approximate surface area is 111 Å². The number of carbonyl (C=O) groups excluding carboxylic acids is 1. The maximum Gasteiger partial charge on any atom is 0.256 e. The van der Waals surface area contributed by atoms with Crippen LogP contribution in [-0.4, -0.2) is 37.0 Å². The molecule has 2 rings (SSSR count). The minimum Gasteiger partial charge on any atom is -0.337 e. The number of rotatable bonds is 2. The summed E-state index contributed by atoms with van der Waals surface area (Å²) in [6.45, 7) is 1.77. The largest absolute Gasteiger partial charge is 0.337 e. The van der Waals surface area contributed by atoms with E-state index in [-0.39, 0.29) is 11.9 Å². The number of benzene rings is 1. The molecule has 3 nitrogen and oxygen atoms in total. The van der Waals surface area contributed by atoms with Gasteiger partial charge in [-0.05, 0) is 25.1 Å².